The van der Waals surface area contributed by atoms with Crippen molar-refractivity contribution in [2.24, 2.45) is 0 Å². The van der Waals surface area contributed by atoms with Crippen LogP contribution in [0.1, 0.15) is 36.6 Å². The van der Waals surface area contributed by atoms with Gasteiger partial charge in [-0.2, -0.15) is 0 Å². The third-order valence-electron chi connectivity index (χ3n) is 3.40. The molecule has 2 aromatic carbocycles. The van der Waals surface area contributed by atoms with Crippen molar-refractivity contribution in [3.8, 4) is 5.75 Å². The summed E-state index contributed by atoms with van der Waals surface area (Å²) >= 11 is 3.56. The molecular formula is C18H22BrNO. The minimum absolute atomic E-state index is 0.151. The molecule has 0 saturated carbocycles. The van der Waals surface area contributed by atoms with Gasteiger partial charge < -0.3 is 10.1 Å². The summed E-state index contributed by atoms with van der Waals surface area (Å²) in [5.74, 6) is 0.912. The Balaban J connectivity index is 2.39. The number of aryl methyl sites for hydroxylation is 1. The molecule has 2 aromatic rings. The van der Waals surface area contributed by atoms with Crippen molar-refractivity contribution >= 4 is 15.9 Å². The van der Waals surface area contributed by atoms with E-state index in [9.17, 15) is 0 Å². The molecule has 0 aliphatic heterocycles. The first kappa shape index (κ1) is 16.1. The fourth-order valence-corrected chi connectivity index (χ4v) is 2.84. The fourth-order valence-electron chi connectivity index (χ4n) is 2.46. The molecule has 2 rings (SSSR count). The van der Waals surface area contributed by atoms with Crippen LogP contribution in [0.3, 0.4) is 0 Å². The summed E-state index contributed by atoms with van der Waals surface area (Å²) in [7, 11) is 1.99. The number of benzene rings is 2. The summed E-state index contributed by atoms with van der Waals surface area (Å²) in [5.41, 5.74) is 3.75. The van der Waals surface area contributed by atoms with Crippen molar-refractivity contribution in [1.82, 2.24) is 5.32 Å². The molecule has 1 unspecified atom stereocenters. The Morgan fingerprint density at radius 3 is 2.52 bits per heavy atom. The number of hydrogen-bond donors (Lipinski definition) is 1. The molecule has 1 atom stereocenters. The number of halogens is 1. The van der Waals surface area contributed by atoms with Crippen LogP contribution in [0, 0.1) is 6.92 Å². The minimum atomic E-state index is 0.151. The van der Waals surface area contributed by atoms with Gasteiger partial charge in [0.2, 0.25) is 0 Å². The summed E-state index contributed by atoms with van der Waals surface area (Å²) < 4.78 is 6.90. The molecule has 0 aliphatic rings. The smallest absolute Gasteiger partial charge is 0.120 e. The first-order chi connectivity index (χ1) is 10.0. The topological polar surface area (TPSA) is 21.3 Å². The van der Waals surface area contributed by atoms with Crippen molar-refractivity contribution in [1.29, 1.82) is 0 Å². The second-order valence-corrected chi connectivity index (χ2v) is 6.38. The summed E-state index contributed by atoms with van der Waals surface area (Å²) in [4.78, 5) is 0. The van der Waals surface area contributed by atoms with Crippen LogP contribution in [-0.4, -0.2) is 13.2 Å². The molecule has 3 heteroatoms. The molecule has 2 nitrogen and oxygen atoms in total. The second kappa shape index (κ2) is 7.10. The van der Waals surface area contributed by atoms with Gasteiger partial charge in [-0.15, -0.1) is 0 Å². The van der Waals surface area contributed by atoms with E-state index in [0.29, 0.717) is 0 Å². The molecule has 0 aromatic heterocycles. The maximum atomic E-state index is 5.80. The molecular weight excluding hydrogens is 326 g/mol. The number of nitrogens with one attached hydrogen (secondary N) is 1. The zero-order valence-electron chi connectivity index (χ0n) is 13.0. The molecule has 1 N–H and O–H groups in total. The monoisotopic (exact) mass is 347 g/mol. The maximum absolute atomic E-state index is 5.80. The number of ether oxygens (including phenoxy) is 1. The number of rotatable bonds is 5. The Labute approximate surface area is 135 Å². The standard InChI is InChI=1S/C18H22BrNO/c1-12(2)21-16-7-5-6-14(10-16)18(20-4)17-11-15(19)9-8-13(17)3/h5-12,18,20H,1-4H3. The summed E-state index contributed by atoms with van der Waals surface area (Å²) in [6.45, 7) is 6.22. The van der Waals surface area contributed by atoms with Gasteiger partial charge in [0.1, 0.15) is 5.75 Å². The quantitative estimate of drug-likeness (QED) is 0.834. The normalized spacial score (nSPS) is 12.5. The molecule has 0 aliphatic carbocycles. The van der Waals surface area contributed by atoms with Crippen molar-refractivity contribution in [3.05, 3.63) is 63.6 Å². The Kier molecular flexibility index (Phi) is 5.43. The van der Waals surface area contributed by atoms with E-state index in [0.717, 1.165) is 10.2 Å². The summed E-state index contributed by atoms with van der Waals surface area (Å²) in [6.07, 6.45) is 0.181. The van der Waals surface area contributed by atoms with Crippen LogP contribution < -0.4 is 10.1 Å². The molecule has 0 spiro atoms. The van der Waals surface area contributed by atoms with Crippen LogP contribution in [0.2, 0.25) is 0 Å². The van der Waals surface area contributed by atoms with Crippen LogP contribution >= 0.6 is 15.9 Å². The van der Waals surface area contributed by atoms with Gasteiger partial charge in [0.25, 0.3) is 0 Å². The lowest BCUT2D eigenvalue weighted by atomic mass is 9.95. The Bertz CT molecular complexity index is 610. The molecule has 0 amide bonds. The molecule has 112 valence electrons. The maximum Gasteiger partial charge on any atom is 0.120 e. The zero-order valence-corrected chi connectivity index (χ0v) is 14.6. The van der Waals surface area contributed by atoms with Crippen molar-refractivity contribution < 1.29 is 4.74 Å². The lowest BCUT2D eigenvalue weighted by Gasteiger charge is -2.21. The third kappa shape index (κ3) is 4.08. The highest BCUT2D eigenvalue weighted by molar-refractivity contribution is 9.10. The van der Waals surface area contributed by atoms with Crippen LogP contribution in [0.5, 0.6) is 5.75 Å². The minimum Gasteiger partial charge on any atom is -0.491 e. The Morgan fingerprint density at radius 1 is 1.10 bits per heavy atom. The Morgan fingerprint density at radius 2 is 1.86 bits per heavy atom. The second-order valence-electron chi connectivity index (χ2n) is 5.46. The van der Waals surface area contributed by atoms with Crippen molar-refractivity contribution in [2.45, 2.75) is 32.9 Å². The molecule has 0 saturated heterocycles. The predicted octanol–water partition coefficient (Wildman–Crippen LogP) is 4.85. The molecule has 0 bridgehead atoms. The van der Waals surface area contributed by atoms with E-state index in [1.165, 1.54) is 16.7 Å². The van der Waals surface area contributed by atoms with Gasteiger partial charge in [0, 0.05) is 4.47 Å². The first-order valence-corrected chi connectivity index (χ1v) is 8.00. The van der Waals surface area contributed by atoms with E-state index >= 15 is 0 Å². The molecule has 0 fully saturated rings. The van der Waals surface area contributed by atoms with Gasteiger partial charge in [-0.25, -0.2) is 0 Å². The average Bonchev–Trinajstić information content (AvgIpc) is 2.43. The van der Waals surface area contributed by atoms with Gasteiger partial charge in [-0.3, -0.25) is 0 Å². The van der Waals surface area contributed by atoms with Gasteiger partial charge in [0.05, 0.1) is 12.1 Å². The van der Waals surface area contributed by atoms with Gasteiger partial charge >= 0.3 is 0 Å². The molecule has 21 heavy (non-hydrogen) atoms. The summed E-state index contributed by atoms with van der Waals surface area (Å²) in [6, 6.07) is 14.8. The van der Waals surface area contributed by atoms with E-state index in [-0.39, 0.29) is 12.1 Å². The molecule has 0 heterocycles. The fraction of sp³-hybridized carbons (Fsp3) is 0.333. The highest BCUT2D eigenvalue weighted by Crippen LogP contribution is 2.29. The third-order valence-corrected chi connectivity index (χ3v) is 3.90. The Hall–Kier alpha value is -1.32. The lowest BCUT2D eigenvalue weighted by molar-refractivity contribution is 0.242. The van der Waals surface area contributed by atoms with Crippen LogP contribution in [0.25, 0.3) is 0 Å². The van der Waals surface area contributed by atoms with Crippen LogP contribution in [0.15, 0.2) is 46.9 Å². The van der Waals surface area contributed by atoms with Crippen molar-refractivity contribution in [3.63, 3.8) is 0 Å². The number of hydrogen-bond acceptors (Lipinski definition) is 2. The van der Waals surface area contributed by atoms with Gasteiger partial charge in [0.15, 0.2) is 0 Å². The largest absolute Gasteiger partial charge is 0.491 e. The first-order valence-electron chi connectivity index (χ1n) is 7.21. The highest BCUT2D eigenvalue weighted by Gasteiger charge is 2.15. The van der Waals surface area contributed by atoms with E-state index in [4.69, 9.17) is 4.74 Å². The van der Waals surface area contributed by atoms with E-state index in [1.54, 1.807) is 0 Å². The average molecular weight is 348 g/mol. The van der Waals surface area contributed by atoms with Crippen LogP contribution in [-0.2, 0) is 0 Å². The van der Waals surface area contributed by atoms with Crippen molar-refractivity contribution in [2.75, 3.05) is 7.05 Å². The summed E-state index contributed by atoms with van der Waals surface area (Å²) in [5, 5.41) is 3.41. The van der Waals surface area contributed by atoms with E-state index in [2.05, 4.69) is 58.5 Å². The molecule has 0 radical (unpaired) electrons. The van der Waals surface area contributed by atoms with Crippen LogP contribution in [0.4, 0.5) is 0 Å². The SMILES string of the molecule is CNC(c1cccc(OC(C)C)c1)c1cc(Br)ccc1C. The zero-order chi connectivity index (χ0) is 15.4. The predicted molar refractivity (Wildman–Crippen MR) is 92.0 cm³/mol. The highest BCUT2D eigenvalue weighted by atomic mass is 79.9. The van der Waals surface area contributed by atoms with E-state index < -0.39 is 0 Å². The van der Waals surface area contributed by atoms with Gasteiger partial charge in [-0.1, -0.05) is 34.1 Å². The lowest BCUT2D eigenvalue weighted by Crippen LogP contribution is -2.19. The van der Waals surface area contributed by atoms with E-state index in [1.807, 2.05) is 33.0 Å². The van der Waals surface area contributed by atoms with Gasteiger partial charge in [-0.05, 0) is 68.8 Å².